The first kappa shape index (κ1) is 16.7. The van der Waals surface area contributed by atoms with E-state index in [9.17, 15) is 14.4 Å². The molecule has 7 nitrogen and oxygen atoms in total. The molecule has 0 radical (unpaired) electrons. The summed E-state index contributed by atoms with van der Waals surface area (Å²) in [4.78, 5) is 34.9. The van der Waals surface area contributed by atoms with Crippen molar-refractivity contribution < 1.29 is 18.8 Å². The first-order chi connectivity index (χ1) is 9.61. The third-order valence-corrected chi connectivity index (χ3v) is 2.69. The number of amides is 3. The molecule has 0 atom stereocenters. The second kappa shape index (κ2) is 6.43. The lowest BCUT2D eigenvalue weighted by Crippen LogP contribution is -2.47. The normalized spacial score (nSPS) is 10.9. The summed E-state index contributed by atoms with van der Waals surface area (Å²) in [6.45, 7) is 8.40. The highest BCUT2D eigenvalue weighted by Gasteiger charge is 2.21. The SMILES string of the molecule is Cc1cc(C(=O)NNC(=O)CNC(=O)C(C)(C)C)c(C)o1. The van der Waals surface area contributed by atoms with Gasteiger partial charge in [0.05, 0.1) is 12.1 Å². The largest absolute Gasteiger partial charge is 0.466 e. The van der Waals surface area contributed by atoms with E-state index in [-0.39, 0.29) is 12.5 Å². The Morgan fingerprint density at radius 2 is 1.76 bits per heavy atom. The average Bonchev–Trinajstić information content (AvgIpc) is 2.71. The number of carbonyl (C=O) groups is 3. The molecule has 1 aromatic rings. The highest BCUT2D eigenvalue weighted by Crippen LogP contribution is 2.13. The van der Waals surface area contributed by atoms with Crippen LogP contribution in [0.15, 0.2) is 10.5 Å². The average molecular weight is 295 g/mol. The van der Waals surface area contributed by atoms with E-state index in [0.29, 0.717) is 17.1 Å². The van der Waals surface area contributed by atoms with Crippen LogP contribution in [0.4, 0.5) is 0 Å². The first-order valence-corrected chi connectivity index (χ1v) is 6.56. The second-order valence-corrected chi connectivity index (χ2v) is 5.76. The van der Waals surface area contributed by atoms with Crippen molar-refractivity contribution in [1.82, 2.24) is 16.2 Å². The van der Waals surface area contributed by atoms with Crippen LogP contribution in [0.3, 0.4) is 0 Å². The van der Waals surface area contributed by atoms with Crippen LogP contribution >= 0.6 is 0 Å². The van der Waals surface area contributed by atoms with Crippen molar-refractivity contribution in [3.63, 3.8) is 0 Å². The lowest BCUT2D eigenvalue weighted by Gasteiger charge is -2.17. The van der Waals surface area contributed by atoms with Crippen molar-refractivity contribution in [3.8, 4) is 0 Å². The molecule has 0 unspecified atom stereocenters. The molecule has 1 heterocycles. The number of hydrogen-bond donors (Lipinski definition) is 3. The van der Waals surface area contributed by atoms with E-state index in [4.69, 9.17) is 4.42 Å². The molecular weight excluding hydrogens is 274 g/mol. The van der Waals surface area contributed by atoms with Gasteiger partial charge in [0.2, 0.25) is 5.91 Å². The van der Waals surface area contributed by atoms with Gasteiger partial charge in [0, 0.05) is 5.41 Å². The summed E-state index contributed by atoms with van der Waals surface area (Å²) in [6.07, 6.45) is 0. The predicted molar refractivity (Wildman–Crippen MR) is 76.3 cm³/mol. The van der Waals surface area contributed by atoms with E-state index in [1.165, 1.54) is 0 Å². The molecule has 7 heteroatoms. The number of hydrazine groups is 1. The molecule has 1 aromatic heterocycles. The molecule has 1 rings (SSSR count). The molecule has 116 valence electrons. The molecule has 0 spiro atoms. The van der Waals surface area contributed by atoms with Crippen molar-refractivity contribution in [2.45, 2.75) is 34.6 Å². The van der Waals surface area contributed by atoms with Crippen molar-refractivity contribution >= 4 is 17.7 Å². The molecule has 0 bridgehead atoms. The summed E-state index contributed by atoms with van der Waals surface area (Å²) in [5.74, 6) is -0.148. The molecule has 0 aliphatic carbocycles. The van der Waals surface area contributed by atoms with E-state index in [1.54, 1.807) is 40.7 Å². The van der Waals surface area contributed by atoms with Gasteiger partial charge < -0.3 is 9.73 Å². The monoisotopic (exact) mass is 295 g/mol. The van der Waals surface area contributed by atoms with E-state index >= 15 is 0 Å². The van der Waals surface area contributed by atoms with Crippen molar-refractivity contribution in [2.24, 2.45) is 5.41 Å². The van der Waals surface area contributed by atoms with Crippen LogP contribution in [-0.2, 0) is 9.59 Å². The standard InChI is InChI=1S/C14H21N3O4/c1-8-6-10(9(2)21-8)12(19)17-16-11(18)7-15-13(20)14(3,4)5/h6H,7H2,1-5H3,(H,15,20)(H,16,18)(H,17,19). The van der Waals surface area contributed by atoms with Crippen LogP contribution in [-0.4, -0.2) is 24.3 Å². The number of hydrogen-bond acceptors (Lipinski definition) is 4. The molecule has 21 heavy (non-hydrogen) atoms. The Morgan fingerprint density at radius 3 is 2.24 bits per heavy atom. The fraction of sp³-hybridized carbons (Fsp3) is 0.500. The van der Waals surface area contributed by atoms with E-state index in [2.05, 4.69) is 16.2 Å². The quantitative estimate of drug-likeness (QED) is 0.719. The van der Waals surface area contributed by atoms with Gasteiger partial charge in [-0.05, 0) is 19.9 Å². The van der Waals surface area contributed by atoms with Gasteiger partial charge in [0.15, 0.2) is 0 Å². The van der Waals surface area contributed by atoms with Gasteiger partial charge in [-0.15, -0.1) is 0 Å². The van der Waals surface area contributed by atoms with Crippen LogP contribution in [0.1, 0.15) is 42.6 Å². The van der Waals surface area contributed by atoms with Crippen LogP contribution in [0.25, 0.3) is 0 Å². The van der Waals surface area contributed by atoms with Gasteiger partial charge in [0.25, 0.3) is 11.8 Å². The van der Waals surface area contributed by atoms with Gasteiger partial charge in [-0.3, -0.25) is 25.2 Å². The molecule has 0 aromatic carbocycles. The fourth-order valence-electron chi connectivity index (χ4n) is 1.52. The molecule has 0 fully saturated rings. The van der Waals surface area contributed by atoms with Gasteiger partial charge in [0.1, 0.15) is 11.5 Å². The molecule has 0 saturated heterocycles. The molecule has 0 saturated carbocycles. The minimum Gasteiger partial charge on any atom is -0.466 e. The maximum absolute atomic E-state index is 11.8. The number of nitrogens with one attached hydrogen (secondary N) is 3. The fourth-order valence-corrected chi connectivity index (χ4v) is 1.52. The maximum Gasteiger partial charge on any atom is 0.273 e. The first-order valence-electron chi connectivity index (χ1n) is 6.56. The lowest BCUT2D eigenvalue weighted by molar-refractivity contribution is -0.131. The Morgan fingerprint density at radius 1 is 1.14 bits per heavy atom. The molecule has 3 N–H and O–H groups in total. The number of aryl methyl sites for hydroxylation is 2. The van der Waals surface area contributed by atoms with Crippen molar-refractivity contribution in [1.29, 1.82) is 0 Å². The third kappa shape index (κ3) is 4.94. The summed E-state index contributed by atoms with van der Waals surface area (Å²) < 4.78 is 5.23. The summed E-state index contributed by atoms with van der Waals surface area (Å²) in [7, 11) is 0. The lowest BCUT2D eigenvalue weighted by atomic mass is 9.96. The highest BCUT2D eigenvalue weighted by atomic mass is 16.3. The zero-order valence-electron chi connectivity index (χ0n) is 12.9. The molecule has 3 amide bonds. The Labute approximate surface area is 123 Å². The van der Waals surface area contributed by atoms with Crippen LogP contribution in [0, 0.1) is 19.3 Å². The van der Waals surface area contributed by atoms with Crippen molar-refractivity contribution in [2.75, 3.05) is 6.54 Å². The zero-order valence-corrected chi connectivity index (χ0v) is 12.9. The van der Waals surface area contributed by atoms with Gasteiger partial charge in [-0.2, -0.15) is 0 Å². The van der Waals surface area contributed by atoms with E-state index in [0.717, 1.165) is 0 Å². The van der Waals surface area contributed by atoms with Crippen LogP contribution in [0.5, 0.6) is 0 Å². The van der Waals surface area contributed by atoms with Gasteiger partial charge in [-0.1, -0.05) is 20.8 Å². The Kier molecular flexibility index (Phi) is 5.12. The summed E-state index contributed by atoms with van der Waals surface area (Å²) in [5.41, 5.74) is 4.27. The molecule has 0 aliphatic heterocycles. The molecular formula is C14H21N3O4. The van der Waals surface area contributed by atoms with Crippen LogP contribution in [0.2, 0.25) is 0 Å². The molecule has 0 aliphatic rings. The Hall–Kier alpha value is -2.31. The minimum absolute atomic E-state index is 0.209. The summed E-state index contributed by atoms with van der Waals surface area (Å²) in [6, 6.07) is 1.58. The summed E-state index contributed by atoms with van der Waals surface area (Å²) >= 11 is 0. The van der Waals surface area contributed by atoms with Crippen LogP contribution < -0.4 is 16.2 Å². The highest BCUT2D eigenvalue weighted by molar-refractivity contribution is 5.96. The predicted octanol–water partition coefficient (Wildman–Crippen LogP) is 0.820. The van der Waals surface area contributed by atoms with E-state index in [1.807, 2.05) is 0 Å². The number of carbonyl (C=O) groups excluding carboxylic acids is 3. The zero-order chi connectivity index (χ0) is 16.2. The van der Waals surface area contributed by atoms with E-state index < -0.39 is 17.2 Å². The second-order valence-electron chi connectivity index (χ2n) is 5.76. The van der Waals surface area contributed by atoms with Gasteiger partial charge >= 0.3 is 0 Å². The number of rotatable bonds is 3. The Bertz CT molecular complexity index is 555. The topological polar surface area (TPSA) is 100 Å². The summed E-state index contributed by atoms with van der Waals surface area (Å²) in [5, 5.41) is 2.48. The smallest absolute Gasteiger partial charge is 0.273 e. The van der Waals surface area contributed by atoms with Gasteiger partial charge in [-0.25, -0.2) is 0 Å². The minimum atomic E-state index is -0.574. The van der Waals surface area contributed by atoms with Crippen molar-refractivity contribution in [3.05, 3.63) is 23.2 Å². The third-order valence-electron chi connectivity index (χ3n) is 2.69. The maximum atomic E-state index is 11.8. The number of furan rings is 1. The Balaban J connectivity index is 2.42.